The van der Waals surface area contributed by atoms with E-state index in [0.29, 0.717) is 17.0 Å². The van der Waals surface area contributed by atoms with Crippen molar-refractivity contribution < 1.29 is 22.3 Å². The summed E-state index contributed by atoms with van der Waals surface area (Å²) in [5.74, 6) is -0.262. The summed E-state index contributed by atoms with van der Waals surface area (Å²) in [6.45, 7) is 0.229. The van der Waals surface area contributed by atoms with Crippen molar-refractivity contribution in [1.29, 1.82) is 0 Å². The molecule has 1 amide bonds. The zero-order valence-corrected chi connectivity index (χ0v) is 16.4. The van der Waals surface area contributed by atoms with Crippen LogP contribution in [0.2, 0.25) is 0 Å². The Balaban J connectivity index is 1.71. The quantitative estimate of drug-likeness (QED) is 0.611. The van der Waals surface area contributed by atoms with Crippen LogP contribution in [-0.2, 0) is 16.6 Å². The molecule has 0 radical (unpaired) electrons. The molecule has 0 aromatic heterocycles. The highest BCUT2D eigenvalue weighted by atomic mass is 32.2. The van der Waals surface area contributed by atoms with E-state index in [1.165, 1.54) is 12.1 Å². The Morgan fingerprint density at radius 2 is 1.66 bits per heavy atom. The zero-order chi connectivity index (χ0) is 20.9. The van der Waals surface area contributed by atoms with E-state index < -0.39 is 15.9 Å². The predicted molar refractivity (Wildman–Crippen MR) is 110 cm³/mol. The number of carbonyl (C=O) groups is 1. The van der Waals surface area contributed by atoms with E-state index in [1.807, 2.05) is 0 Å². The second-order valence-corrected chi connectivity index (χ2v) is 8.07. The van der Waals surface area contributed by atoms with E-state index in [1.54, 1.807) is 60.7 Å². The second-order valence-electron chi connectivity index (χ2n) is 6.32. The summed E-state index contributed by atoms with van der Waals surface area (Å²) in [4.78, 5) is 12.6. The maximum Gasteiger partial charge on any atom is 0.255 e. The van der Waals surface area contributed by atoms with Gasteiger partial charge < -0.3 is 10.1 Å². The number of halogens is 1. The van der Waals surface area contributed by atoms with Crippen molar-refractivity contribution >= 4 is 27.3 Å². The fourth-order valence-electron chi connectivity index (χ4n) is 2.55. The molecule has 6 nitrogen and oxygen atoms in total. The number of sulfonamides is 1. The van der Waals surface area contributed by atoms with E-state index >= 15 is 0 Å². The minimum Gasteiger partial charge on any atom is -0.489 e. The number of carbonyl (C=O) groups excluding carboxylic acids is 1. The fraction of sp³-hybridized carbons (Fsp3) is 0.0952. The summed E-state index contributed by atoms with van der Waals surface area (Å²) in [5, 5.41) is 2.69. The first kappa shape index (κ1) is 20.3. The van der Waals surface area contributed by atoms with Gasteiger partial charge in [0.1, 0.15) is 18.2 Å². The van der Waals surface area contributed by atoms with Crippen LogP contribution in [-0.4, -0.2) is 20.6 Å². The molecule has 3 rings (SSSR count). The Bertz CT molecular complexity index is 1120. The highest BCUT2D eigenvalue weighted by Crippen LogP contribution is 2.23. The van der Waals surface area contributed by atoms with Crippen LogP contribution in [0.5, 0.6) is 5.75 Å². The number of hydrogen-bond acceptors (Lipinski definition) is 4. The van der Waals surface area contributed by atoms with E-state index in [-0.39, 0.29) is 18.1 Å². The first-order valence-electron chi connectivity index (χ1n) is 8.66. The Morgan fingerprint density at radius 1 is 0.966 bits per heavy atom. The molecule has 3 aromatic rings. The number of benzene rings is 3. The molecule has 8 heteroatoms. The van der Waals surface area contributed by atoms with Gasteiger partial charge in [-0.2, -0.15) is 0 Å². The summed E-state index contributed by atoms with van der Waals surface area (Å²) in [6, 6.07) is 19.0. The van der Waals surface area contributed by atoms with Crippen LogP contribution < -0.4 is 14.8 Å². The number of rotatable bonds is 7. The summed E-state index contributed by atoms with van der Waals surface area (Å²) in [6.07, 6.45) is 1.04. The van der Waals surface area contributed by atoms with Gasteiger partial charge in [0.2, 0.25) is 10.0 Å². The van der Waals surface area contributed by atoms with Crippen LogP contribution >= 0.6 is 0 Å². The highest BCUT2D eigenvalue weighted by Gasteiger charge is 2.12. The Labute approximate surface area is 168 Å². The van der Waals surface area contributed by atoms with Crippen molar-refractivity contribution in [3.63, 3.8) is 0 Å². The molecule has 0 fully saturated rings. The van der Waals surface area contributed by atoms with Crippen molar-refractivity contribution in [2.75, 3.05) is 16.3 Å². The van der Waals surface area contributed by atoms with Crippen molar-refractivity contribution in [3.8, 4) is 5.75 Å². The minimum absolute atomic E-state index is 0.229. The molecule has 0 saturated carbocycles. The number of ether oxygens (including phenoxy) is 1. The van der Waals surface area contributed by atoms with Crippen LogP contribution in [0.3, 0.4) is 0 Å². The van der Waals surface area contributed by atoms with Gasteiger partial charge in [0.25, 0.3) is 5.91 Å². The number of anilines is 2. The van der Waals surface area contributed by atoms with Crippen LogP contribution in [0.1, 0.15) is 15.9 Å². The minimum atomic E-state index is -3.49. The van der Waals surface area contributed by atoms with E-state index in [0.717, 1.165) is 11.8 Å². The number of para-hydroxylation sites is 2. The predicted octanol–water partition coefficient (Wildman–Crippen LogP) is 4.03. The molecule has 0 atom stereocenters. The van der Waals surface area contributed by atoms with E-state index in [4.69, 9.17) is 4.74 Å². The molecular formula is C21H19FN2O4S. The molecule has 0 spiro atoms. The molecule has 2 N–H and O–H groups in total. The lowest BCUT2D eigenvalue weighted by Crippen LogP contribution is -2.16. The monoisotopic (exact) mass is 414 g/mol. The largest absolute Gasteiger partial charge is 0.489 e. The smallest absolute Gasteiger partial charge is 0.255 e. The summed E-state index contributed by atoms with van der Waals surface area (Å²) in [7, 11) is -3.49. The molecule has 0 heterocycles. The van der Waals surface area contributed by atoms with Gasteiger partial charge in [-0.3, -0.25) is 9.52 Å². The molecule has 0 unspecified atom stereocenters. The molecule has 29 heavy (non-hydrogen) atoms. The van der Waals surface area contributed by atoms with Gasteiger partial charge in [-0.05, 0) is 48.0 Å². The molecule has 0 aliphatic carbocycles. The van der Waals surface area contributed by atoms with Crippen molar-refractivity contribution in [1.82, 2.24) is 0 Å². The first-order chi connectivity index (χ1) is 13.8. The summed E-state index contributed by atoms with van der Waals surface area (Å²) < 4.78 is 44.0. The Morgan fingerprint density at radius 3 is 2.34 bits per heavy atom. The average molecular weight is 414 g/mol. The molecule has 0 aliphatic heterocycles. The maximum atomic E-state index is 13.0. The second kappa shape index (κ2) is 8.74. The molecule has 0 saturated heterocycles. The fourth-order valence-corrected chi connectivity index (χ4v) is 3.13. The van der Waals surface area contributed by atoms with Gasteiger partial charge in [0.15, 0.2) is 0 Å². The first-order valence-corrected chi connectivity index (χ1v) is 10.5. The lowest BCUT2D eigenvalue weighted by Gasteiger charge is -2.12. The van der Waals surface area contributed by atoms with Gasteiger partial charge in [0, 0.05) is 5.56 Å². The summed E-state index contributed by atoms with van der Waals surface area (Å²) in [5.41, 5.74) is 1.74. The molecule has 0 bridgehead atoms. The normalized spacial score (nSPS) is 11.0. The SMILES string of the molecule is CS(=O)(=O)Nc1ccccc1NC(=O)c1cccc(OCc2ccc(F)cc2)c1. The summed E-state index contributed by atoms with van der Waals surface area (Å²) >= 11 is 0. The molecular weight excluding hydrogens is 395 g/mol. The highest BCUT2D eigenvalue weighted by molar-refractivity contribution is 7.92. The van der Waals surface area contributed by atoms with Crippen molar-refractivity contribution in [2.45, 2.75) is 6.61 Å². The van der Waals surface area contributed by atoms with Crippen LogP contribution in [0.4, 0.5) is 15.8 Å². The van der Waals surface area contributed by atoms with Gasteiger partial charge in [-0.1, -0.05) is 30.3 Å². The third-order valence-corrected chi connectivity index (χ3v) is 4.48. The topological polar surface area (TPSA) is 84.5 Å². The third-order valence-electron chi connectivity index (χ3n) is 3.89. The van der Waals surface area contributed by atoms with Crippen LogP contribution in [0.25, 0.3) is 0 Å². The standard InChI is InChI=1S/C21H19FN2O4S/c1-29(26,27)24-20-8-3-2-7-19(20)23-21(25)16-5-4-6-18(13-16)28-14-15-9-11-17(22)12-10-15/h2-13,24H,14H2,1H3,(H,23,25). The molecule has 3 aromatic carbocycles. The molecule has 150 valence electrons. The van der Waals surface area contributed by atoms with Gasteiger partial charge in [-0.15, -0.1) is 0 Å². The lowest BCUT2D eigenvalue weighted by atomic mass is 10.2. The van der Waals surface area contributed by atoms with Crippen LogP contribution in [0, 0.1) is 5.82 Å². The van der Waals surface area contributed by atoms with Crippen LogP contribution in [0.15, 0.2) is 72.8 Å². The zero-order valence-electron chi connectivity index (χ0n) is 15.6. The average Bonchev–Trinajstić information content (AvgIpc) is 2.68. The van der Waals surface area contributed by atoms with E-state index in [9.17, 15) is 17.6 Å². The van der Waals surface area contributed by atoms with E-state index in [2.05, 4.69) is 10.0 Å². The lowest BCUT2D eigenvalue weighted by molar-refractivity contribution is 0.102. The Kier molecular flexibility index (Phi) is 6.13. The van der Waals surface area contributed by atoms with Crippen molar-refractivity contribution in [3.05, 3.63) is 89.7 Å². The number of hydrogen-bond donors (Lipinski definition) is 2. The third kappa shape index (κ3) is 6.05. The number of amides is 1. The maximum absolute atomic E-state index is 13.0. The van der Waals surface area contributed by atoms with Gasteiger partial charge in [0.05, 0.1) is 17.6 Å². The van der Waals surface area contributed by atoms with Gasteiger partial charge >= 0.3 is 0 Å². The van der Waals surface area contributed by atoms with Crippen molar-refractivity contribution in [2.24, 2.45) is 0 Å². The Hall–Kier alpha value is -3.39. The number of nitrogens with one attached hydrogen (secondary N) is 2. The van der Waals surface area contributed by atoms with Gasteiger partial charge in [-0.25, -0.2) is 12.8 Å². The molecule has 0 aliphatic rings.